The van der Waals surface area contributed by atoms with E-state index in [0.717, 1.165) is 68.6 Å². The fourth-order valence-electron chi connectivity index (χ4n) is 5.33. The van der Waals surface area contributed by atoms with Gasteiger partial charge < -0.3 is 15.2 Å². The maximum atomic E-state index is 14.0. The number of carboxylic acid groups (broad SMARTS) is 1. The third-order valence-electron chi connectivity index (χ3n) is 7.27. The van der Waals surface area contributed by atoms with Crippen molar-refractivity contribution in [2.75, 3.05) is 31.6 Å². The number of ether oxygens (including phenoxy) is 1. The van der Waals surface area contributed by atoms with E-state index in [2.05, 4.69) is 17.4 Å². The summed E-state index contributed by atoms with van der Waals surface area (Å²) >= 11 is 0. The first-order chi connectivity index (χ1) is 16.6. The van der Waals surface area contributed by atoms with Crippen LogP contribution < -0.4 is 5.32 Å². The summed E-state index contributed by atoms with van der Waals surface area (Å²) in [7, 11) is 0. The standard InChI is InChI=1S/C27H34FN3O3/c28-20-9-11-23(18-6-7-18)24(16-20)25(27(32)33)31-14-12-22(17-31)34-15-2-1-5-21-10-8-19-4-3-13-29-26(19)30-21/h8-11,16,18,22,25H,1-7,12-15,17H2,(H,29,30)(H,32,33). The number of aliphatic carboxylic acids is 1. The molecule has 1 aromatic carbocycles. The summed E-state index contributed by atoms with van der Waals surface area (Å²) in [4.78, 5) is 18.9. The second-order valence-corrected chi connectivity index (χ2v) is 9.86. The van der Waals surface area contributed by atoms with Crippen LogP contribution >= 0.6 is 0 Å². The molecule has 1 aliphatic carbocycles. The van der Waals surface area contributed by atoms with Gasteiger partial charge in [0.1, 0.15) is 17.7 Å². The van der Waals surface area contributed by atoms with Gasteiger partial charge in [-0.2, -0.15) is 0 Å². The van der Waals surface area contributed by atoms with Gasteiger partial charge in [0, 0.05) is 31.9 Å². The second-order valence-electron chi connectivity index (χ2n) is 9.86. The average Bonchev–Trinajstić information content (AvgIpc) is 3.57. The fraction of sp³-hybridized carbons (Fsp3) is 0.556. The SMILES string of the molecule is O=C(O)C(c1cc(F)ccc1C1CC1)N1CCC(OCCCCc2ccc3c(n2)NCCC3)C1. The number of hydrogen-bond acceptors (Lipinski definition) is 5. The Kier molecular flexibility index (Phi) is 7.11. The van der Waals surface area contributed by atoms with E-state index in [4.69, 9.17) is 9.72 Å². The number of likely N-dealkylation sites (tertiary alicyclic amines) is 1. The number of aromatic nitrogens is 1. The van der Waals surface area contributed by atoms with Crippen LogP contribution in [0.15, 0.2) is 30.3 Å². The van der Waals surface area contributed by atoms with Gasteiger partial charge in [-0.1, -0.05) is 12.1 Å². The maximum absolute atomic E-state index is 14.0. The molecular weight excluding hydrogens is 433 g/mol. The van der Waals surface area contributed by atoms with Crippen LogP contribution in [-0.4, -0.2) is 53.3 Å². The van der Waals surface area contributed by atoms with Crippen molar-refractivity contribution >= 4 is 11.8 Å². The summed E-state index contributed by atoms with van der Waals surface area (Å²) in [5.74, 6) is 0.122. The molecule has 34 heavy (non-hydrogen) atoms. The van der Waals surface area contributed by atoms with Gasteiger partial charge >= 0.3 is 5.97 Å². The zero-order chi connectivity index (χ0) is 23.5. The lowest BCUT2D eigenvalue weighted by atomic mass is 9.96. The van der Waals surface area contributed by atoms with Gasteiger partial charge in [0.15, 0.2) is 0 Å². The Morgan fingerprint density at radius 3 is 2.94 bits per heavy atom. The minimum Gasteiger partial charge on any atom is -0.480 e. The number of halogens is 1. The molecule has 7 heteroatoms. The number of fused-ring (bicyclic) bond motifs is 1. The molecule has 6 nitrogen and oxygen atoms in total. The molecule has 0 amide bonds. The van der Waals surface area contributed by atoms with E-state index in [1.807, 2.05) is 4.90 Å². The molecule has 1 saturated carbocycles. The summed E-state index contributed by atoms with van der Waals surface area (Å²) in [6.45, 7) is 2.87. The van der Waals surface area contributed by atoms with E-state index in [1.165, 1.54) is 24.1 Å². The molecule has 3 aliphatic rings. The summed E-state index contributed by atoms with van der Waals surface area (Å²) in [5, 5.41) is 13.4. The third-order valence-corrected chi connectivity index (χ3v) is 7.27. The molecule has 0 spiro atoms. The minimum atomic E-state index is -0.916. The molecule has 5 rings (SSSR count). The number of anilines is 1. The highest BCUT2D eigenvalue weighted by atomic mass is 19.1. The minimum absolute atomic E-state index is 0.0193. The van der Waals surface area contributed by atoms with Crippen LogP contribution in [0.4, 0.5) is 10.2 Å². The molecule has 1 aromatic heterocycles. The number of unbranched alkanes of at least 4 members (excludes halogenated alkanes) is 1. The first-order valence-corrected chi connectivity index (χ1v) is 12.7. The predicted octanol–water partition coefficient (Wildman–Crippen LogP) is 4.70. The number of benzene rings is 1. The topological polar surface area (TPSA) is 74.7 Å². The number of nitrogens with one attached hydrogen (secondary N) is 1. The van der Waals surface area contributed by atoms with Crippen LogP contribution in [-0.2, 0) is 22.4 Å². The zero-order valence-corrected chi connectivity index (χ0v) is 19.6. The van der Waals surface area contributed by atoms with E-state index in [1.54, 1.807) is 6.07 Å². The quantitative estimate of drug-likeness (QED) is 0.494. The van der Waals surface area contributed by atoms with Crippen molar-refractivity contribution in [1.82, 2.24) is 9.88 Å². The maximum Gasteiger partial charge on any atom is 0.325 e. The highest BCUT2D eigenvalue weighted by molar-refractivity contribution is 5.76. The molecule has 0 radical (unpaired) electrons. The zero-order valence-electron chi connectivity index (χ0n) is 19.6. The normalized spacial score (nSPS) is 21.1. The van der Waals surface area contributed by atoms with E-state index in [0.29, 0.717) is 31.2 Å². The Balaban J connectivity index is 1.10. The molecule has 2 unspecified atom stereocenters. The van der Waals surface area contributed by atoms with E-state index < -0.39 is 12.0 Å². The van der Waals surface area contributed by atoms with Crippen LogP contribution in [0, 0.1) is 5.82 Å². The van der Waals surface area contributed by atoms with E-state index in [9.17, 15) is 14.3 Å². The number of pyridine rings is 1. The number of hydrogen-bond donors (Lipinski definition) is 2. The first-order valence-electron chi connectivity index (χ1n) is 12.7. The molecule has 2 N–H and O–H groups in total. The lowest BCUT2D eigenvalue weighted by Crippen LogP contribution is -2.34. The smallest absolute Gasteiger partial charge is 0.325 e. The Labute approximate surface area is 200 Å². The van der Waals surface area contributed by atoms with Gasteiger partial charge in [0.2, 0.25) is 0 Å². The van der Waals surface area contributed by atoms with Crippen molar-refractivity contribution in [2.24, 2.45) is 0 Å². The van der Waals surface area contributed by atoms with Gasteiger partial charge in [-0.15, -0.1) is 0 Å². The number of carbonyl (C=O) groups is 1. The summed E-state index contributed by atoms with van der Waals surface area (Å²) in [5.41, 5.74) is 4.03. The monoisotopic (exact) mass is 467 g/mol. The van der Waals surface area contributed by atoms with Crippen molar-refractivity contribution in [3.63, 3.8) is 0 Å². The fourth-order valence-corrected chi connectivity index (χ4v) is 5.33. The third kappa shape index (κ3) is 5.41. The molecular formula is C27H34FN3O3. The van der Waals surface area contributed by atoms with Crippen LogP contribution in [0.25, 0.3) is 0 Å². The largest absolute Gasteiger partial charge is 0.480 e. The summed E-state index contributed by atoms with van der Waals surface area (Å²) < 4.78 is 20.1. The highest BCUT2D eigenvalue weighted by Gasteiger charge is 2.37. The Bertz CT molecular complexity index is 1030. The van der Waals surface area contributed by atoms with Crippen molar-refractivity contribution in [3.8, 4) is 0 Å². The first kappa shape index (κ1) is 23.2. The van der Waals surface area contributed by atoms with Gasteiger partial charge in [-0.25, -0.2) is 9.37 Å². The van der Waals surface area contributed by atoms with Crippen LogP contribution in [0.1, 0.15) is 72.9 Å². The van der Waals surface area contributed by atoms with Crippen LogP contribution in [0.2, 0.25) is 0 Å². The van der Waals surface area contributed by atoms with Crippen molar-refractivity contribution in [3.05, 3.63) is 58.5 Å². The highest BCUT2D eigenvalue weighted by Crippen LogP contribution is 2.44. The van der Waals surface area contributed by atoms with Crippen LogP contribution in [0.5, 0.6) is 0 Å². The molecule has 2 atom stereocenters. The molecule has 3 heterocycles. The molecule has 1 saturated heterocycles. The molecule has 0 bridgehead atoms. The second kappa shape index (κ2) is 10.4. The molecule has 2 aromatic rings. The van der Waals surface area contributed by atoms with Crippen molar-refractivity contribution < 1.29 is 19.0 Å². The molecule has 2 fully saturated rings. The Morgan fingerprint density at radius 1 is 1.24 bits per heavy atom. The van der Waals surface area contributed by atoms with E-state index >= 15 is 0 Å². The number of aryl methyl sites for hydroxylation is 2. The Hall–Kier alpha value is -2.51. The Morgan fingerprint density at radius 2 is 2.12 bits per heavy atom. The lowest BCUT2D eigenvalue weighted by Gasteiger charge is -2.26. The van der Waals surface area contributed by atoms with E-state index in [-0.39, 0.29) is 11.9 Å². The van der Waals surface area contributed by atoms with Crippen LogP contribution in [0.3, 0.4) is 0 Å². The molecule has 2 aliphatic heterocycles. The van der Waals surface area contributed by atoms with Gasteiger partial charge in [0.05, 0.1) is 6.10 Å². The summed E-state index contributed by atoms with van der Waals surface area (Å²) in [6.07, 6.45) is 8.07. The average molecular weight is 468 g/mol. The predicted molar refractivity (Wildman–Crippen MR) is 129 cm³/mol. The van der Waals surface area contributed by atoms with Crippen molar-refractivity contribution in [2.45, 2.75) is 69.4 Å². The van der Waals surface area contributed by atoms with Gasteiger partial charge in [-0.05, 0) is 92.2 Å². The van der Waals surface area contributed by atoms with Gasteiger partial charge in [-0.3, -0.25) is 9.69 Å². The lowest BCUT2D eigenvalue weighted by molar-refractivity contribution is -0.143. The number of carboxylic acids is 1. The number of nitrogens with zero attached hydrogens (tertiary/aromatic N) is 2. The van der Waals surface area contributed by atoms with Crippen molar-refractivity contribution in [1.29, 1.82) is 0 Å². The molecule has 182 valence electrons. The number of rotatable bonds is 10. The van der Waals surface area contributed by atoms with Gasteiger partial charge in [0.25, 0.3) is 0 Å². The summed E-state index contributed by atoms with van der Waals surface area (Å²) in [6, 6.07) is 8.15.